The van der Waals surface area contributed by atoms with Crippen molar-refractivity contribution in [3.05, 3.63) is 30.3 Å². The van der Waals surface area contributed by atoms with Gasteiger partial charge in [0.1, 0.15) is 5.75 Å². The van der Waals surface area contributed by atoms with Gasteiger partial charge in [0, 0.05) is 21.0 Å². The smallest absolute Gasteiger partial charge is 0.119 e. The summed E-state index contributed by atoms with van der Waals surface area (Å²) < 4.78 is 27.5. The molecule has 0 aromatic heterocycles. The Bertz CT molecular complexity index is 423. The molecule has 0 saturated carbocycles. The first-order valence-corrected chi connectivity index (χ1v) is 9.98. The largest absolute Gasteiger partial charge is 0.494 e. The molecule has 0 aliphatic rings. The van der Waals surface area contributed by atoms with E-state index in [1.807, 2.05) is 30.3 Å². The molecule has 1 aromatic carbocycles. The molecule has 0 radical (unpaired) electrons. The van der Waals surface area contributed by atoms with Crippen LogP contribution in [0, 0.1) is 5.92 Å². The van der Waals surface area contributed by atoms with Gasteiger partial charge in [-0.15, -0.1) is 0 Å². The summed E-state index contributed by atoms with van der Waals surface area (Å²) in [7, 11) is 0. The Morgan fingerprint density at radius 2 is 1.30 bits per heavy atom. The molecular weight excluding hydrogens is 346 g/mol. The predicted molar refractivity (Wildman–Crippen MR) is 110 cm³/mol. The number of hydrogen-bond donors (Lipinski definition) is 1. The fraction of sp³-hybridized carbons (Fsp3) is 0.714. The standard InChI is InChI=1S/C21H37NO5.H2/c1-20(2)19-22-9-12-24-14-16-26-18-17-25-15-13-23-10-6-11-27-21-7-4-3-5-8-21;/h3-5,7-8,20,22H,6,9-19H2,1-2H3;1H. The molecule has 0 saturated heterocycles. The molecule has 158 valence electrons. The second-order valence-corrected chi connectivity index (χ2v) is 6.56. The minimum Gasteiger partial charge on any atom is -0.494 e. The van der Waals surface area contributed by atoms with Crippen molar-refractivity contribution in [1.29, 1.82) is 0 Å². The van der Waals surface area contributed by atoms with Gasteiger partial charge in [-0.3, -0.25) is 0 Å². The van der Waals surface area contributed by atoms with E-state index in [9.17, 15) is 0 Å². The van der Waals surface area contributed by atoms with Crippen LogP contribution in [0.4, 0.5) is 0 Å². The molecule has 0 amide bonds. The van der Waals surface area contributed by atoms with E-state index in [0.717, 1.165) is 31.9 Å². The van der Waals surface area contributed by atoms with E-state index in [0.29, 0.717) is 58.8 Å². The van der Waals surface area contributed by atoms with Gasteiger partial charge in [-0.25, -0.2) is 0 Å². The van der Waals surface area contributed by atoms with Crippen molar-refractivity contribution in [2.24, 2.45) is 5.92 Å². The van der Waals surface area contributed by atoms with Gasteiger partial charge in [-0.1, -0.05) is 32.0 Å². The fourth-order valence-corrected chi connectivity index (χ4v) is 2.16. The minimum absolute atomic E-state index is 0. The summed E-state index contributed by atoms with van der Waals surface area (Å²) in [5.74, 6) is 1.57. The topological polar surface area (TPSA) is 58.2 Å². The third-order valence-electron chi connectivity index (χ3n) is 3.54. The molecule has 27 heavy (non-hydrogen) atoms. The number of hydrogen-bond acceptors (Lipinski definition) is 6. The van der Waals surface area contributed by atoms with Crippen molar-refractivity contribution in [1.82, 2.24) is 5.32 Å². The van der Waals surface area contributed by atoms with E-state index < -0.39 is 0 Å². The third-order valence-corrected chi connectivity index (χ3v) is 3.54. The Kier molecular flexibility index (Phi) is 16.1. The Labute approximate surface area is 166 Å². The van der Waals surface area contributed by atoms with E-state index in [1.165, 1.54) is 0 Å². The number of rotatable bonds is 19. The maximum atomic E-state index is 5.59. The highest BCUT2D eigenvalue weighted by Gasteiger charge is 1.95. The lowest BCUT2D eigenvalue weighted by atomic mass is 10.2. The minimum atomic E-state index is 0. The van der Waals surface area contributed by atoms with Gasteiger partial charge >= 0.3 is 0 Å². The lowest BCUT2D eigenvalue weighted by molar-refractivity contribution is -0.00240. The van der Waals surface area contributed by atoms with E-state index in [4.69, 9.17) is 23.7 Å². The van der Waals surface area contributed by atoms with Crippen molar-refractivity contribution in [2.75, 3.05) is 72.6 Å². The maximum absolute atomic E-state index is 5.59. The van der Waals surface area contributed by atoms with Crippen molar-refractivity contribution in [2.45, 2.75) is 20.3 Å². The molecule has 1 N–H and O–H groups in total. The first-order chi connectivity index (χ1) is 13.3. The van der Waals surface area contributed by atoms with Crippen LogP contribution < -0.4 is 10.1 Å². The van der Waals surface area contributed by atoms with Crippen LogP contribution in [0.15, 0.2) is 30.3 Å². The molecule has 0 aliphatic carbocycles. The van der Waals surface area contributed by atoms with Crippen LogP contribution in [-0.4, -0.2) is 72.6 Å². The molecule has 0 spiro atoms. The summed E-state index contributed by atoms with van der Waals surface area (Å²) in [5.41, 5.74) is 0. The third kappa shape index (κ3) is 16.7. The second-order valence-electron chi connectivity index (χ2n) is 6.56. The van der Waals surface area contributed by atoms with Crippen LogP contribution in [0.25, 0.3) is 0 Å². The highest BCUT2D eigenvalue weighted by atomic mass is 16.6. The summed E-state index contributed by atoms with van der Waals surface area (Å²) >= 11 is 0. The lowest BCUT2D eigenvalue weighted by Crippen LogP contribution is -2.24. The Morgan fingerprint density at radius 1 is 0.741 bits per heavy atom. The summed E-state index contributed by atoms with van der Waals surface area (Å²) in [6, 6.07) is 9.81. The molecule has 0 atom stereocenters. The van der Waals surface area contributed by atoms with Gasteiger partial charge in [0.05, 0.1) is 52.9 Å². The first kappa shape index (κ1) is 23.9. The highest BCUT2D eigenvalue weighted by molar-refractivity contribution is 5.20. The first-order valence-electron chi connectivity index (χ1n) is 9.98. The highest BCUT2D eigenvalue weighted by Crippen LogP contribution is 2.08. The number of ether oxygens (including phenoxy) is 5. The average Bonchev–Trinajstić information content (AvgIpc) is 2.67. The van der Waals surface area contributed by atoms with Crippen LogP contribution in [0.1, 0.15) is 21.7 Å². The van der Waals surface area contributed by atoms with Gasteiger partial charge in [0.15, 0.2) is 0 Å². The van der Waals surface area contributed by atoms with Gasteiger partial charge < -0.3 is 29.0 Å². The second kappa shape index (κ2) is 18.2. The monoisotopic (exact) mass is 385 g/mol. The van der Waals surface area contributed by atoms with E-state index in [2.05, 4.69) is 19.2 Å². The SMILES string of the molecule is CC(C)CNCCOCCOCCOCCOCCCOc1ccccc1.[HH]. The number of benzene rings is 1. The lowest BCUT2D eigenvalue weighted by Gasteiger charge is -2.09. The van der Waals surface area contributed by atoms with Crippen molar-refractivity contribution in [3.8, 4) is 5.75 Å². The fourth-order valence-electron chi connectivity index (χ4n) is 2.16. The molecule has 0 unspecified atom stereocenters. The van der Waals surface area contributed by atoms with E-state index in [-0.39, 0.29) is 1.43 Å². The Hall–Kier alpha value is -1.18. The summed E-state index contributed by atoms with van der Waals surface area (Å²) in [6.07, 6.45) is 0.866. The molecule has 0 bridgehead atoms. The van der Waals surface area contributed by atoms with Crippen LogP contribution in [0.5, 0.6) is 5.75 Å². The van der Waals surface area contributed by atoms with E-state index >= 15 is 0 Å². The Balaban J connectivity index is 0.00000729. The van der Waals surface area contributed by atoms with Crippen molar-refractivity contribution >= 4 is 0 Å². The van der Waals surface area contributed by atoms with Gasteiger partial charge in [-0.05, 0) is 24.6 Å². The predicted octanol–water partition coefficient (Wildman–Crippen LogP) is 3.01. The van der Waals surface area contributed by atoms with Crippen LogP contribution >= 0.6 is 0 Å². The van der Waals surface area contributed by atoms with Gasteiger partial charge in [-0.2, -0.15) is 0 Å². The van der Waals surface area contributed by atoms with E-state index in [1.54, 1.807) is 0 Å². The Morgan fingerprint density at radius 3 is 1.89 bits per heavy atom. The number of nitrogens with one attached hydrogen (secondary N) is 1. The van der Waals surface area contributed by atoms with Crippen molar-refractivity contribution < 1.29 is 25.1 Å². The zero-order valence-electron chi connectivity index (χ0n) is 17.0. The molecule has 0 fully saturated rings. The van der Waals surface area contributed by atoms with Gasteiger partial charge in [0.25, 0.3) is 0 Å². The number of para-hydroxylation sites is 1. The summed E-state index contributed by atoms with van der Waals surface area (Å²) in [6.45, 7) is 11.9. The quantitative estimate of drug-likeness (QED) is 0.370. The molecule has 0 heterocycles. The molecular formula is C21H39NO5. The normalized spacial score (nSPS) is 11.2. The molecule has 0 aliphatic heterocycles. The summed E-state index contributed by atoms with van der Waals surface area (Å²) in [4.78, 5) is 0. The molecule has 6 heteroatoms. The molecule has 6 nitrogen and oxygen atoms in total. The van der Waals surface area contributed by atoms with Crippen LogP contribution in [0.3, 0.4) is 0 Å². The van der Waals surface area contributed by atoms with Crippen LogP contribution in [-0.2, 0) is 18.9 Å². The molecule has 1 aromatic rings. The maximum Gasteiger partial charge on any atom is 0.119 e. The van der Waals surface area contributed by atoms with Crippen molar-refractivity contribution in [3.63, 3.8) is 0 Å². The summed E-state index contributed by atoms with van der Waals surface area (Å²) in [5, 5.41) is 3.33. The zero-order valence-corrected chi connectivity index (χ0v) is 17.0. The van der Waals surface area contributed by atoms with Gasteiger partial charge in [0.2, 0.25) is 0 Å². The average molecular weight is 386 g/mol. The molecule has 1 rings (SSSR count). The van der Waals surface area contributed by atoms with Crippen LogP contribution in [0.2, 0.25) is 0 Å². The zero-order chi connectivity index (χ0) is 19.4.